The van der Waals surface area contributed by atoms with Crippen molar-refractivity contribution in [3.05, 3.63) is 87.4 Å². The van der Waals surface area contributed by atoms with Crippen LogP contribution < -0.4 is 10.3 Å². The minimum atomic E-state index is -4.74. The standard InChI is InChI=1S/C22H13ClF4N2O4S/c23-12-2-8-18(30)16(10-12)19-15-9-11(22(25,26)27)1-7-17(15)28-21(31)20(19)29-34(32,33)14-5-3-13(24)4-6-14/h1-10,29-30H,(H,28,31). The number of aromatic nitrogens is 1. The summed E-state index contributed by atoms with van der Waals surface area (Å²) in [6.45, 7) is 0. The number of pyridine rings is 1. The van der Waals surface area contributed by atoms with Crippen LogP contribution in [-0.2, 0) is 16.2 Å². The van der Waals surface area contributed by atoms with Crippen LogP contribution in [0.4, 0.5) is 23.2 Å². The molecule has 0 unspecified atom stereocenters. The molecule has 0 atom stereocenters. The van der Waals surface area contributed by atoms with Gasteiger partial charge < -0.3 is 10.1 Å². The number of phenols is 1. The first-order valence-electron chi connectivity index (χ1n) is 9.41. The van der Waals surface area contributed by atoms with Gasteiger partial charge in [-0.25, -0.2) is 12.8 Å². The van der Waals surface area contributed by atoms with Crippen LogP contribution >= 0.6 is 11.6 Å². The first kappa shape index (κ1) is 23.6. The molecule has 12 heteroatoms. The van der Waals surface area contributed by atoms with Crippen molar-refractivity contribution in [2.75, 3.05) is 4.72 Å². The Morgan fingerprint density at radius 2 is 1.65 bits per heavy atom. The lowest BCUT2D eigenvalue weighted by Crippen LogP contribution is -2.22. The Bertz CT molecular complexity index is 1580. The van der Waals surface area contributed by atoms with Crippen LogP contribution in [0.15, 0.2) is 70.4 Å². The summed E-state index contributed by atoms with van der Waals surface area (Å²) in [5, 5.41) is 10.3. The molecule has 3 aromatic carbocycles. The van der Waals surface area contributed by atoms with Gasteiger partial charge in [-0.1, -0.05) is 11.6 Å². The molecule has 0 amide bonds. The van der Waals surface area contributed by atoms with Crippen LogP contribution in [0.5, 0.6) is 5.75 Å². The maximum absolute atomic E-state index is 13.4. The monoisotopic (exact) mass is 512 g/mol. The fourth-order valence-electron chi connectivity index (χ4n) is 3.36. The molecule has 0 fully saturated rings. The lowest BCUT2D eigenvalue weighted by molar-refractivity contribution is -0.137. The Morgan fingerprint density at radius 1 is 0.971 bits per heavy atom. The lowest BCUT2D eigenvalue weighted by Gasteiger charge is -2.17. The number of hydrogen-bond donors (Lipinski definition) is 3. The SMILES string of the molecule is O=c1[nH]c2ccc(C(F)(F)F)cc2c(-c2cc(Cl)ccc2O)c1NS(=O)(=O)c1ccc(F)cc1. The average Bonchev–Trinajstić information content (AvgIpc) is 2.75. The number of benzene rings is 3. The maximum atomic E-state index is 13.4. The van der Waals surface area contributed by atoms with Gasteiger partial charge >= 0.3 is 6.18 Å². The summed E-state index contributed by atoms with van der Waals surface area (Å²) in [6, 6.07) is 9.80. The van der Waals surface area contributed by atoms with Gasteiger partial charge in [0.05, 0.1) is 10.5 Å². The van der Waals surface area contributed by atoms with Crippen LogP contribution in [0.3, 0.4) is 0 Å². The quantitative estimate of drug-likeness (QED) is 0.314. The number of fused-ring (bicyclic) bond motifs is 1. The minimum absolute atomic E-state index is 0.0443. The number of aromatic amines is 1. The highest BCUT2D eigenvalue weighted by molar-refractivity contribution is 7.92. The normalized spacial score (nSPS) is 12.1. The van der Waals surface area contributed by atoms with Gasteiger partial charge in [0.25, 0.3) is 15.6 Å². The molecule has 0 radical (unpaired) electrons. The second kappa shape index (κ2) is 8.33. The van der Waals surface area contributed by atoms with Crippen molar-refractivity contribution < 1.29 is 31.1 Å². The van der Waals surface area contributed by atoms with Gasteiger partial charge in [0.1, 0.15) is 17.3 Å². The van der Waals surface area contributed by atoms with E-state index in [9.17, 15) is 35.9 Å². The van der Waals surface area contributed by atoms with E-state index in [0.29, 0.717) is 0 Å². The molecular weight excluding hydrogens is 500 g/mol. The van der Waals surface area contributed by atoms with Gasteiger partial charge in [-0.2, -0.15) is 13.2 Å². The molecule has 6 nitrogen and oxygen atoms in total. The lowest BCUT2D eigenvalue weighted by atomic mass is 9.97. The smallest absolute Gasteiger partial charge is 0.416 e. The number of anilines is 1. The average molecular weight is 513 g/mol. The first-order chi connectivity index (χ1) is 15.9. The molecule has 3 N–H and O–H groups in total. The number of H-pyrrole nitrogens is 1. The van der Waals surface area contributed by atoms with E-state index >= 15 is 0 Å². The zero-order valence-electron chi connectivity index (χ0n) is 16.7. The van der Waals surface area contributed by atoms with E-state index in [1.807, 2.05) is 0 Å². The number of phenolic OH excluding ortho intramolecular Hbond substituents is 1. The minimum Gasteiger partial charge on any atom is -0.507 e. The van der Waals surface area contributed by atoms with E-state index < -0.39 is 49.5 Å². The Balaban J connectivity index is 2.06. The van der Waals surface area contributed by atoms with Gasteiger partial charge in [-0.3, -0.25) is 9.52 Å². The summed E-state index contributed by atoms with van der Waals surface area (Å²) >= 11 is 6.01. The summed E-state index contributed by atoms with van der Waals surface area (Å²) in [6.07, 6.45) is -4.74. The summed E-state index contributed by atoms with van der Waals surface area (Å²) in [4.78, 5) is 14.8. The Kier molecular flexibility index (Phi) is 5.78. The van der Waals surface area contributed by atoms with Crippen LogP contribution in [0.2, 0.25) is 5.02 Å². The molecule has 0 saturated carbocycles. The van der Waals surface area contributed by atoms with Crippen molar-refractivity contribution in [1.29, 1.82) is 0 Å². The number of sulfonamides is 1. The molecule has 0 saturated heterocycles. The predicted octanol–water partition coefficient (Wildman–Crippen LogP) is 5.51. The molecule has 0 aliphatic heterocycles. The number of nitrogens with one attached hydrogen (secondary N) is 2. The number of rotatable bonds is 4. The first-order valence-corrected chi connectivity index (χ1v) is 11.3. The summed E-state index contributed by atoms with van der Waals surface area (Å²) in [5.41, 5.74) is -3.27. The molecule has 34 heavy (non-hydrogen) atoms. The summed E-state index contributed by atoms with van der Waals surface area (Å²) < 4.78 is 81.4. The molecule has 176 valence electrons. The van der Waals surface area contributed by atoms with Crippen molar-refractivity contribution >= 4 is 38.2 Å². The molecule has 0 spiro atoms. The number of aromatic hydroxyl groups is 1. The molecule has 0 aliphatic carbocycles. The molecule has 0 bridgehead atoms. The van der Waals surface area contributed by atoms with Crippen molar-refractivity contribution in [3.63, 3.8) is 0 Å². The third-order valence-electron chi connectivity index (χ3n) is 4.93. The number of hydrogen-bond acceptors (Lipinski definition) is 4. The molecule has 4 rings (SSSR count). The van der Waals surface area contributed by atoms with Crippen LogP contribution in [-0.4, -0.2) is 18.5 Å². The third-order valence-corrected chi connectivity index (χ3v) is 6.53. The topological polar surface area (TPSA) is 99.3 Å². The highest BCUT2D eigenvalue weighted by atomic mass is 35.5. The molecule has 1 aromatic heterocycles. The van der Waals surface area contributed by atoms with Gasteiger partial charge in [-0.15, -0.1) is 0 Å². The molecule has 4 aromatic rings. The highest BCUT2D eigenvalue weighted by Gasteiger charge is 2.32. The van der Waals surface area contributed by atoms with Crippen LogP contribution in [0.25, 0.3) is 22.0 Å². The zero-order chi connectivity index (χ0) is 24.8. The summed E-state index contributed by atoms with van der Waals surface area (Å²) in [7, 11) is -4.49. The van der Waals surface area contributed by atoms with Crippen LogP contribution in [0.1, 0.15) is 5.56 Å². The predicted molar refractivity (Wildman–Crippen MR) is 119 cm³/mol. The highest BCUT2D eigenvalue weighted by Crippen LogP contribution is 2.41. The Morgan fingerprint density at radius 3 is 2.29 bits per heavy atom. The van der Waals surface area contributed by atoms with E-state index in [1.165, 1.54) is 12.1 Å². The number of alkyl halides is 3. The molecule has 1 heterocycles. The van der Waals surface area contributed by atoms with Gasteiger partial charge in [0.2, 0.25) is 0 Å². The number of halogens is 5. The van der Waals surface area contributed by atoms with Gasteiger partial charge in [-0.05, 0) is 60.7 Å². The van der Waals surface area contributed by atoms with E-state index in [1.54, 1.807) is 0 Å². The van der Waals surface area contributed by atoms with E-state index in [-0.39, 0.29) is 27.1 Å². The molecular formula is C22H13ClF4N2O4S. The van der Waals surface area contributed by atoms with Crippen molar-refractivity contribution in [2.24, 2.45) is 0 Å². The largest absolute Gasteiger partial charge is 0.507 e. The third kappa shape index (κ3) is 4.44. The van der Waals surface area contributed by atoms with Crippen molar-refractivity contribution in [2.45, 2.75) is 11.1 Å². The second-order valence-corrected chi connectivity index (χ2v) is 9.30. The fraction of sp³-hybridized carbons (Fsp3) is 0.0455. The Hall–Kier alpha value is -3.57. The van der Waals surface area contributed by atoms with Gasteiger partial charge in [0.15, 0.2) is 0 Å². The summed E-state index contributed by atoms with van der Waals surface area (Å²) in [5.74, 6) is -1.16. The fourth-order valence-corrected chi connectivity index (χ4v) is 4.61. The van der Waals surface area contributed by atoms with Crippen molar-refractivity contribution in [1.82, 2.24) is 4.98 Å². The van der Waals surface area contributed by atoms with Gasteiger partial charge in [0, 0.05) is 27.1 Å². The maximum Gasteiger partial charge on any atom is 0.416 e. The van der Waals surface area contributed by atoms with E-state index in [0.717, 1.165) is 48.5 Å². The molecule has 0 aliphatic rings. The second-order valence-electron chi connectivity index (χ2n) is 7.18. The van der Waals surface area contributed by atoms with Crippen LogP contribution in [0, 0.1) is 5.82 Å². The van der Waals surface area contributed by atoms with E-state index in [2.05, 4.69) is 9.71 Å². The zero-order valence-corrected chi connectivity index (χ0v) is 18.3. The Labute approximate surface area is 194 Å². The van der Waals surface area contributed by atoms with E-state index in [4.69, 9.17) is 11.6 Å². The van der Waals surface area contributed by atoms with Crippen molar-refractivity contribution in [3.8, 4) is 16.9 Å².